The van der Waals surface area contributed by atoms with E-state index in [4.69, 9.17) is 4.74 Å². The van der Waals surface area contributed by atoms with E-state index >= 15 is 0 Å². The Morgan fingerprint density at radius 3 is 2.96 bits per heavy atom. The number of hydrogen-bond acceptors (Lipinski definition) is 5. The monoisotopic (exact) mass is 380 g/mol. The molecule has 2 aromatic carbocycles. The number of thioether (sulfide) groups is 1. The summed E-state index contributed by atoms with van der Waals surface area (Å²) in [5.74, 6) is 0.916. The van der Waals surface area contributed by atoms with Gasteiger partial charge in [-0.25, -0.2) is 0 Å². The second-order valence-corrected chi connectivity index (χ2v) is 7.27. The Balaban J connectivity index is 1.42. The number of amides is 1. The van der Waals surface area contributed by atoms with Crippen LogP contribution in [-0.2, 0) is 17.6 Å². The number of aryl methyl sites for hydroxylation is 2. The Labute approximate surface area is 162 Å². The highest BCUT2D eigenvalue weighted by Gasteiger charge is 2.14. The van der Waals surface area contributed by atoms with Crippen LogP contribution in [0.25, 0.3) is 5.69 Å². The van der Waals surface area contributed by atoms with Crippen LogP contribution in [0.3, 0.4) is 0 Å². The van der Waals surface area contributed by atoms with Crippen molar-refractivity contribution in [3.8, 4) is 11.4 Å². The molecule has 7 heteroatoms. The second kappa shape index (κ2) is 7.84. The van der Waals surface area contributed by atoms with Gasteiger partial charge in [-0.15, -0.1) is 10.2 Å². The van der Waals surface area contributed by atoms with Crippen LogP contribution < -0.4 is 10.1 Å². The number of benzene rings is 2. The first-order valence-electron chi connectivity index (χ1n) is 8.82. The summed E-state index contributed by atoms with van der Waals surface area (Å²) in [6.45, 7) is 0. The fraction of sp³-hybridized carbons (Fsp3) is 0.250. The predicted octanol–water partition coefficient (Wildman–Crippen LogP) is 3.50. The van der Waals surface area contributed by atoms with Gasteiger partial charge in [0.15, 0.2) is 5.16 Å². The molecule has 138 valence electrons. The maximum atomic E-state index is 12.4. The van der Waals surface area contributed by atoms with Crippen molar-refractivity contribution in [2.75, 3.05) is 18.2 Å². The Morgan fingerprint density at radius 2 is 2.07 bits per heavy atom. The fourth-order valence-corrected chi connectivity index (χ4v) is 4.02. The van der Waals surface area contributed by atoms with Crippen LogP contribution in [0.4, 0.5) is 5.69 Å². The number of para-hydroxylation sites is 2. The average Bonchev–Trinajstić information content (AvgIpc) is 3.35. The molecule has 0 fully saturated rings. The van der Waals surface area contributed by atoms with Gasteiger partial charge in [0.1, 0.15) is 12.1 Å². The van der Waals surface area contributed by atoms with E-state index in [1.54, 1.807) is 13.4 Å². The van der Waals surface area contributed by atoms with Crippen LogP contribution in [0.2, 0.25) is 0 Å². The molecule has 1 aliphatic carbocycles. The van der Waals surface area contributed by atoms with Crippen LogP contribution in [0.5, 0.6) is 5.75 Å². The first-order chi connectivity index (χ1) is 13.2. The van der Waals surface area contributed by atoms with E-state index in [1.807, 2.05) is 34.9 Å². The van der Waals surface area contributed by atoms with Gasteiger partial charge < -0.3 is 10.1 Å². The van der Waals surface area contributed by atoms with Gasteiger partial charge in [-0.05, 0) is 54.7 Å². The molecule has 0 atom stereocenters. The third kappa shape index (κ3) is 3.83. The summed E-state index contributed by atoms with van der Waals surface area (Å²) in [4.78, 5) is 12.4. The molecule has 0 saturated heterocycles. The number of rotatable bonds is 6. The minimum Gasteiger partial charge on any atom is -0.495 e. The molecular formula is C20H20N4O2S. The first-order valence-corrected chi connectivity index (χ1v) is 9.81. The lowest BCUT2D eigenvalue weighted by atomic mass is 10.1. The number of hydrogen-bond donors (Lipinski definition) is 1. The molecule has 0 unspecified atom stereocenters. The molecule has 1 amide bonds. The number of fused-ring (bicyclic) bond motifs is 1. The van der Waals surface area contributed by atoms with E-state index in [1.165, 1.54) is 29.3 Å². The van der Waals surface area contributed by atoms with Crippen molar-refractivity contribution in [3.63, 3.8) is 0 Å². The molecule has 1 N–H and O–H groups in total. The smallest absolute Gasteiger partial charge is 0.234 e. The quantitative estimate of drug-likeness (QED) is 0.663. The highest BCUT2D eigenvalue weighted by atomic mass is 32.2. The summed E-state index contributed by atoms with van der Waals surface area (Å²) in [5.41, 5.74) is 4.43. The topological polar surface area (TPSA) is 69.0 Å². The molecule has 3 aromatic rings. The first kappa shape index (κ1) is 17.6. The number of carbonyl (C=O) groups excluding carboxylic acids is 1. The summed E-state index contributed by atoms with van der Waals surface area (Å²) in [6.07, 6.45) is 5.05. The van der Waals surface area contributed by atoms with Crippen LogP contribution in [0, 0.1) is 0 Å². The van der Waals surface area contributed by atoms with E-state index < -0.39 is 0 Å². The largest absolute Gasteiger partial charge is 0.495 e. The Kier molecular flexibility index (Phi) is 5.11. The van der Waals surface area contributed by atoms with Gasteiger partial charge in [-0.1, -0.05) is 30.0 Å². The SMILES string of the molecule is COc1ccccc1-n1cnnc1SCC(=O)Nc1ccc2c(c1)CCC2. The Morgan fingerprint density at radius 1 is 1.22 bits per heavy atom. The van der Waals surface area contributed by atoms with Gasteiger partial charge in [0, 0.05) is 5.69 Å². The molecule has 0 aliphatic heterocycles. The van der Waals surface area contributed by atoms with Crippen LogP contribution in [-0.4, -0.2) is 33.5 Å². The number of ether oxygens (including phenoxy) is 1. The van der Waals surface area contributed by atoms with Crippen LogP contribution in [0.1, 0.15) is 17.5 Å². The van der Waals surface area contributed by atoms with Crippen molar-refractivity contribution in [1.82, 2.24) is 14.8 Å². The zero-order chi connectivity index (χ0) is 18.6. The number of carbonyl (C=O) groups is 1. The third-order valence-corrected chi connectivity index (χ3v) is 5.52. The number of aromatic nitrogens is 3. The summed E-state index contributed by atoms with van der Waals surface area (Å²) in [5, 5.41) is 11.7. The summed E-state index contributed by atoms with van der Waals surface area (Å²) in [7, 11) is 1.63. The molecule has 1 aliphatic rings. The standard InChI is InChI=1S/C20H20N4O2S/c1-26-18-8-3-2-7-17(18)24-13-21-23-20(24)27-12-19(25)22-16-10-9-14-5-4-6-15(14)11-16/h2-3,7-11,13H,4-6,12H2,1H3,(H,22,25). The molecule has 1 aromatic heterocycles. The maximum Gasteiger partial charge on any atom is 0.234 e. The highest BCUT2D eigenvalue weighted by Crippen LogP contribution is 2.27. The summed E-state index contributed by atoms with van der Waals surface area (Å²) in [6, 6.07) is 13.8. The number of nitrogens with one attached hydrogen (secondary N) is 1. The molecule has 0 spiro atoms. The van der Waals surface area contributed by atoms with Gasteiger partial charge >= 0.3 is 0 Å². The number of nitrogens with zero attached hydrogens (tertiary/aromatic N) is 3. The van der Waals surface area contributed by atoms with Crippen molar-refractivity contribution in [2.45, 2.75) is 24.4 Å². The predicted molar refractivity (Wildman–Crippen MR) is 106 cm³/mol. The zero-order valence-corrected chi connectivity index (χ0v) is 15.8. The van der Waals surface area contributed by atoms with Gasteiger partial charge in [0.05, 0.1) is 18.6 Å². The van der Waals surface area contributed by atoms with Gasteiger partial charge in [-0.3, -0.25) is 9.36 Å². The second-order valence-electron chi connectivity index (χ2n) is 6.33. The molecule has 1 heterocycles. The Bertz CT molecular complexity index is 970. The summed E-state index contributed by atoms with van der Waals surface area (Å²) < 4.78 is 7.23. The van der Waals surface area contributed by atoms with E-state index in [2.05, 4.69) is 27.6 Å². The van der Waals surface area contributed by atoms with Crippen LogP contribution >= 0.6 is 11.8 Å². The lowest BCUT2D eigenvalue weighted by molar-refractivity contribution is -0.113. The molecule has 0 saturated carbocycles. The number of anilines is 1. The molecule has 0 bridgehead atoms. The third-order valence-electron chi connectivity index (χ3n) is 4.58. The molecule has 0 radical (unpaired) electrons. The van der Waals surface area contributed by atoms with Crippen molar-refractivity contribution in [1.29, 1.82) is 0 Å². The number of methoxy groups -OCH3 is 1. The van der Waals surface area contributed by atoms with Gasteiger partial charge in [-0.2, -0.15) is 0 Å². The fourth-order valence-electron chi connectivity index (χ4n) is 3.29. The summed E-state index contributed by atoms with van der Waals surface area (Å²) >= 11 is 1.34. The average molecular weight is 380 g/mol. The van der Waals surface area contributed by atoms with Gasteiger partial charge in [0.2, 0.25) is 5.91 Å². The Hall–Kier alpha value is -2.80. The molecule has 4 rings (SSSR count). The van der Waals surface area contributed by atoms with Crippen LogP contribution in [0.15, 0.2) is 53.9 Å². The minimum absolute atomic E-state index is 0.0625. The van der Waals surface area contributed by atoms with Gasteiger partial charge in [0.25, 0.3) is 0 Å². The molecule has 6 nitrogen and oxygen atoms in total. The molecular weight excluding hydrogens is 360 g/mol. The highest BCUT2D eigenvalue weighted by molar-refractivity contribution is 7.99. The lowest BCUT2D eigenvalue weighted by Gasteiger charge is -2.11. The van der Waals surface area contributed by atoms with Crippen molar-refractivity contribution in [3.05, 3.63) is 59.9 Å². The van der Waals surface area contributed by atoms with Crippen molar-refractivity contribution < 1.29 is 9.53 Å². The minimum atomic E-state index is -0.0625. The van der Waals surface area contributed by atoms with E-state index in [9.17, 15) is 4.79 Å². The van der Waals surface area contributed by atoms with E-state index in [-0.39, 0.29) is 11.7 Å². The zero-order valence-electron chi connectivity index (χ0n) is 15.0. The van der Waals surface area contributed by atoms with E-state index in [0.717, 1.165) is 30.0 Å². The normalized spacial score (nSPS) is 12.6. The van der Waals surface area contributed by atoms with Crippen molar-refractivity contribution in [2.24, 2.45) is 0 Å². The molecule has 27 heavy (non-hydrogen) atoms. The van der Waals surface area contributed by atoms with E-state index in [0.29, 0.717) is 5.16 Å². The lowest BCUT2D eigenvalue weighted by Crippen LogP contribution is -2.14. The van der Waals surface area contributed by atoms with Crippen molar-refractivity contribution >= 4 is 23.4 Å². The maximum absolute atomic E-state index is 12.4.